The highest BCUT2D eigenvalue weighted by atomic mass is 32.2. The molecule has 0 aliphatic carbocycles. The van der Waals surface area contributed by atoms with E-state index in [2.05, 4.69) is 17.2 Å². The summed E-state index contributed by atoms with van der Waals surface area (Å²) in [5.41, 5.74) is 0. The summed E-state index contributed by atoms with van der Waals surface area (Å²) >= 11 is 1.87. The monoisotopic (exact) mass is 271 g/mol. The minimum absolute atomic E-state index is 0.0640. The lowest BCUT2D eigenvalue weighted by Crippen LogP contribution is -2.36. The molecule has 100 valence electrons. The van der Waals surface area contributed by atoms with E-state index < -0.39 is 5.97 Å². The summed E-state index contributed by atoms with van der Waals surface area (Å²) in [6, 6.07) is 0.440. The van der Waals surface area contributed by atoms with Crippen LogP contribution in [0.25, 0.3) is 0 Å². The third-order valence-electron chi connectivity index (χ3n) is 3.07. The van der Waals surface area contributed by atoms with Crippen molar-refractivity contribution >= 4 is 23.8 Å². The number of urea groups is 1. The summed E-state index contributed by atoms with van der Waals surface area (Å²) in [7, 11) is 0. The van der Waals surface area contributed by atoms with Crippen molar-refractivity contribution < 1.29 is 14.7 Å². The van der Waals surface area contributed by atoms with Gasteiger partial charge in [0.2, 0.25) is 0 Å². The Morgan fingerprint density at radius 2 is 2.17 bits per heavy atom. The van der Waals surface area contributed by atoms with E-state index in [-0.39, 0.29) is 24.5 Å². The van der Waals surface area contributed by atoms with Gasteiger partial charge in [0.05, 0.1) is 12.1 Å². The average molecular weight is 271 g/mol. The number of hydrogen-bond acceptors (Lipinski definition) is 4. The van der Waals surface area contributed by atoms with Gasteiger partial charge in [-0.25, -0.2) is 10.1 Å². The zero-order chi connectivity index (χ0) is 13.5. The molecule has 0 saturated carbocycles. The van der Waals surface area contributed by atoms with Gasteiger partial charge < -0.3 is 15.7 Å². The Labute approximate surface area is 110 Å². The minimum Gasteiger partial charge on any atom is -0.481 e. The number of nitrogens with one attached hydrogen (secondary N) is 2. The van der Waals surface area contributed by atoms with Gasteiger partial charge in [0.15, 0.2) is 0 Å². The second kappa shape index (κ2) is 7.11. The maximum atomic E-state index is 11.1. The SMILES string of the molecule is C#N.O=C(O)CCCC[C@@H]1SC[C@@H]2NC(=O)N[C@@H]21. The lowest BCUT2D eigenvalue weighted by molar-refractivity contribution is -0.137. The smallest absolute Gasteiger partial charge is 0.315 e. The van der Waals surface area contributed by atoms with Crippen molar-refractivity contribution in [1.82, 2.24) is 10.6 Å². The first-order valence-corrected chi connectivity index (χ1v) is 6.88. The summed E-state index contributed by atoms with van der Waals surface area (Å²) < 4.78 is 0. The molecule has 18 heavy (non-hydrogen) atoms. The van der Waals surface area contributed by atoms with Crippen LogP contribution in [0.2, 0.25) is 0 Å². The highest BCUT2D eigenvalue weighted by molar-refractivity contribution is 8.00. The molecule has 2 fully saturated rings. The molecule has 6 nitrogen and oxygen atoms in total. The van der Waals surface area contributed by atoms with Crippen molar-refractivity contribution in [2.75, 3.05) is 5.75 Å². The number of aliphatic carboxylic acids is 1. The fourth-order valence-corrected chi connectivity index (χ4v) is 3.81. The Bertz CT molecular complexity index is 335. The van der Waals surface area contributed by atoms with Crippen LogP contribution >= 0.6 is 11.8 Å². The highest BCUT2D eigenvalue weighted by Crippen LogP contribution is 2.33. The minimum atomic E-state index is -0.729. The number of unbranched alkanes of at least 4 members (excludes halogenated alkanes) is 1. The van der Waals surface area contributed by atoms with E-state index in [1.807, 2.05) is 11.8 Å². The van der Waals surface area contributed by atoms with E-state index in [1.54, 1.807) is 0 Å². The summed E-state index contributed by atoms with van der Waals surface area (Å²) in [5, 5.41) is 21.3. The van der Waals surface area contributed by atoms with E-state index in [0.717, 1.165) is 25.0 Å². The topological polar surface area (TPSA) is 102 Å². The van der Waals surface area contributed by atoms with Crippen molar-refractivity contribution in [1.29, 1.82) is 5.26 Å². The van der Waals surface area contributed by atoms with Gasteiger partial charge in [-0.05, 0) is 12.8 Å². The van der Waals surface area contributed by atoms with Gasteiger partial charge in [-0.3, -0.25) is 4.79 Å². The number of fused-ring (bicyclic) bond motifs is 1. The molecule has 2 rings (SSSR count). The third kappa shape index (κ3) is 3.81. The van der Waals surface area contributed by atoms with Gasteiger partial charge >= 0.3 is 12.0 Å². The van der Waals surface area contributed by atoms with Gasteiger partial charge in [-0.2, -0.15) is 11.8 Å². The van der Waals surface area contributed by atoms with Crippen LogP contribution in [-0.4, -0.2) is 40.2 Å². The summed E-state index contributed by atoms with van der Waals surface area (Å²) in [5.74, 6) is 0.236. The number of carbonyl (C=O) groups is 2. The first-order valence-electron chi connectivity index (χ1n) is 5.83. The quantitative estimate of drug-likeness (QED) is 0.510. The Morgan fingerprint density at radius 1 is 1.44 bits per heavy atom. The van der Waals surface area contributed by atoms with Crippen molar-refractivity contribution in [3.63, 3.8) is 0 Å². The van der Waals surface area contributed by atoms with Gasteiger partial charge in [0.25, 0.3) is 0 Å². The number of carboxylic acid groups (broad SMARTS) is 1. The van der Waals surface area contributed by atoms with Gasteiger partial charge in [-0.15, -0.1) is 0 Å². The molecule has 0 unspecified atom stereocenters. The Kier molecular flexibility index (Phi) is 5.78. The molecule has 2 aliphatic rings. The number of rotatable bonds is 5. The van der Waals surface area contributed by atoms with Crippen LogP contribution in [0.1, 0.15) is 25.7 Å². The molecule has 0 bridgehead atoms. The molecule has 3 atom stereocenters. The van der Waals surface area contributed by atoms with E-state index in [9.17, 15) is 9.59 Å². The predicted molar refractivity (Wildman–Crippen MR) is 68.3 cm³/mol. The molecule has 0 aromatic carbocycles. The predicted octanol–water partition coefficient (Wildman–Crippen LogP) is 0.937. The highest BCUT2D eigenvalue weighted by Gasteiger charge is 2.42. The molecule has 2 amide bonds. The van der Waals surface area contributed by atoms with E-state index in [0.29, 0.717) is 5.25 Å². The van der Waals surface area contributed by atoms with Crippen LogP contribution in [0.3, 0.4) is 0 Å². The largest absolute Gasteiger partial charge is 0.481 e. The van der Waals surface area contributed by atoms with Crippen LogP contribution in [0.5, 0.6) is 0 Å². The fraction of sp³-hybridized carbons (Fsp3) is 0.727. The van der Waals surface area contributed by atoms with Crippen molar-refractivity contribution in [2.24, 2.45) is 0 Å². The van der Waals surface area contributed by atoms with Crippen LogP contribution in [0.15, 0.2) is 0 Å². The molecule has 2 aliphatic heterocycles. The second-order valence-corrected chi connectivity index (χ2v) is 5.53. The number of nitrogens with zero attached hydrogens (tertiary/aromatic N) is 1. The molecule has 2 saturated heterocycles. The molecule has 0 radical (unpaired) electrons. The summed E-state index contributed by atoms with van der Waals surface area (Å²) in [6.07, 6.45) is 2.88. The first-order chi connectivity index (χ1) is 8.66. The summed E-state index contributed by atoms with van der Waals surface area (Å²) in [6.45, 7) is 3.50. The summed E-state index contributed by atoms with van der Waals surface area (Å²) in [4.78, 5) is 21.5. The van der Waals surface area contributed by atoms with Gasteiger partial charge in [-0.1, -0.05) is 6.42 Å². The third-order valence-corrected chi connectivity index (χ3v) is 4.58. The number of carboxylic acids is 1. The average Bonchev–Trinajstić information content (AvgIpc) is 2.87. The zero-order valence-corrected chi connectivity index (χ0v) is 10.8. The molecule has 0 aromatic rings. The van der Waals surface area contributed by atoms with Crippen molar-refractivity contribution in [3.8, 4) is 6.57 Å². The van der Waals surface area contributed by atoms with E-state index in [1.165, 1.54) is 0 Å². The number of hydrogen-bond donors (Lipinski definition) is 3. The van der Waals surface area contributed by atoms with Crippen LogP contribution in [-0.2, 0) is 4.79 Å². The molecule has 7 heteroatoms. The van der Waals surface area contributed by atoms with Crippen molar-refractivity contribution in [2.45, 2.75) is 43.0 Å². The molecule has 2 heterocycles. The van der Waals surface area contributed by atoms with E-state index >= 15 is 0 Å². The lowest BCUT2D eigenvalue weighted by Gasteiger charge is -2.16. The Balaban J connectivity index is 0.000000771. The van der Waals surface area contributed by atoms with Crippen LogP contribution in [0, 0.1) is 11.8 Å². The molecule has 3 N–H and O–H groups in total. The van der Waals surface area contributed by atoms with Crippen molar-refractivity contribution in [3.05, 3.63) is 0 Å². The van der Waals surface area contributed by atoms with Crippen LogP contribution in [0.4, 0.5) is 4.79 Å². The number of thioether (sulfide) groups is 1. The molecular weight excluding hydrogens is 254 g/mol. The molecular formula is C11H17N3O3S. The van der Waals surface area contributed by atoms with Gasteiger partial charge in [0.1, 0.15) is 0 Å². The lowest BCUT2D eigenvalue weighted by atomic mass is 10.0. The normalized spacial score (nSPS) is 28.6. The number of carbonyl (C=O) groups excluding carboxylic acids is 1. The first kappa shape index (κ1) is 14.6. The maximum absolute atomic E-state index is 11.1. The molecule has 0 spiro atoms. The zero-order valence-electron chi connectivity index (χ0n) is 9.96. The maximum Gasteiger partial charge on any atom is 0.315 e. The fourth-order valence-electron chi connectivity index (χ4n) is 2.26. The Hall–Kier alpha value is -1.42. The van der Waals surface area contributed by atoms with Crippen LogP contribution < -0.4 is 10.6 Å². The van der Waals surface area contributed by atoms with Gasteiger partial charge in [0, 0.05) is 24.0 Å². The Morgan fingerprint density at radius 3 is 2.83 bits per heavy atom. The van der Waals surface area contributed by atoms with E-state index in [4.69, 9.17) is 10.4 Å². The molecule has 0 aromatic heterocycles. The number of nitriles is 1. The standard InChI is InChI=1S/C10H16N2O3S.CHN/c13-8(14)4-2-1-3-7-9-6(5-16-7)11-10(15)12-9;1-2/h6-7,9H,1-5H2,(H,13,14)(H2,11,12,15);1H/t6-,7-,9-;/m0./s1. The number of amides is 2. The second-order valence-electron chi connectivity index (χ2n) is 4.26.